The molecular formula is C25H31FN6O. The molecule has 1 aliphatic rings. The number of fused-ring (bicyclic) bond motifs is 1. The number of hydrogen-bond donors (Lipinski definition) is 2. The summed E-state index contributed by atoms with van der Waals surface area (Å²) in [7, 11) is 1.90. The number of carbonyl (C=O) groups excluding carboxylic acids is 1. The van der Waals surface area contributed by atoms with Crippen molar-refractivity contribution in [3.8, 4) is 0 Å². The second-order valence-corrected chi connectivity index (χ2v) is 9.08. The lowest BCUT2D eigenvalue weighted by molar-refractivity contribution is -0.118. The molecule has 33 heavy (non-hydrogen) atoms. The SMILES string of the molecule is Cc1nc(NCc2cc(C)n(Cc3ccc(F)cc3)c2C)nc2c1NC(=O)[C@H](C(C)C)N2C. The molecule has 8 heteroatoms. The molecular weight excluding hydrogens is 419 g/mol. The van der Waals surface area contributed by atoms with Gasteiger partial charge in [0.2, 0.25) is 11.9 Å². The first-order valence-corrected chi connectivity index (χ1v) is 11.2. The molecule has 0 aliphatic carbocycles. The Kier molecular flexibility index (Phi) is 6.10. The second kappa shape index (κ2) is 8.84. The van der Waals surface area contributed by atoms with E-state index in [9.17, 15) is 9.18 Å². The van der Waals surface area contributed by atoms with Crippen molar-refractivity contribution in [2.45, 2.75) is 53.8 Å². The number of aromatic nitrogens is 3. The average molecular weight is 451 g/mol. The summed E-state index contributed by atoms with van der Waals surface area (Å²) in [5.41, 5.74) is 5.88. The molecule has 0 saturated carbocycles. The highest BCUT2D eigenvalue weighted by Gasteiger charge is 2.35. The van der Waals surface area contributed by atoms with Gasteiger partial charge in [-0.3, -0.25) is 4.79 Å². The average Bonchev–Trinajstić information content (AvgIpc) is 3.02. The van der Waals surface area contributed by atoms with Crippen molar-refractivity contribution in [3.63, 3.8) is 0 Å². The minimum Gasteiger partial charge on any atom is -0.350 e. The smallest absolute Gasteiger partial charge is 0.247 e. The largest absolute Gasteiger partial charge is 0.350 e. The van der Waals surface area contributed by atoms with Gasteiger partial charge in [-0.15, -0.1) is 0 Å². The van der Waals surface area contributed by atoms with Crippen LogP contribution in [0.25, 0.3) is 0 Å². The van der Waals surface area contributed by atoms with Crippen LogP contribution in [0.5, 0.6) is 0 Å². The van der Waals surface area contributed by atoms with E-state index in [2.05, 4.69) is 40.1 Å². The summed E-state index contributed by atoms with van der Waals surface area (Å²) in [5.74, 6) is 1.15. The molecule has 0 bridgehead atoms. The van der Waals surface area contributed by atoms with Crippen LogP contribution in [0, 0.1) is 32.5 Å². The van der Waals surface area contributed by atoms with Gasteiger partial charge in [-0.25, -0.2) is 9.37 Å². The maximum atomic E-state index is 13.2. The van der Waals surface area contributed by atoms with Crippen molar-refractivity contribution in [1.82, 2.24) is 14.5 Å². The monoisotopic (exact) mass is 450 g/mol. The van der Waals surface area contributed by atoms with E-state index < -0.39 is 0 Å². The summed E-state index contributed by atoms with van der Waals surface area (Å²) in [6.45, 7) is 11.4. The predicted molar refractivity (Wildman–Crippen MR) is 129 cm³/mol. The minimum atomic E-state index is -0.273. The van der Waals surface area contributed by atoms with Crippen molar-refractivity contribution < 1.29 is 9.18 Å². The third-order valence-corrected chi connectivity index (χ3v) is 6.34. The first-order chi connectivity index (χ1) is 15.7. The van der Waals surface area contributed by atoms with E-state index in [0.29, 0.717) is 24.7 Å². The van der Waals surface area contributed by atoms with E-state index in [1.165, 1.54) is 12.1 Å². The number of anilines is 3. The van der Waals surface area contributed by atoms with Crippen molar-refractivity contribution in [2.75, 3.05) is 22.6 Å². The summed E-state index contributed by atoms with van der Waals surface area (Å²) in [6, 6.07) is 8.49. The van der Waals surface area contributed by atoms with Gasteiger partial charge in [0, 0.05) is 31.5 Å². The molecule has 2 N–H and O–H groups in total. The fourth-order valence-electron chi connectivity index (χ4n) is 4.53. The molecule has 1 aliphatic heterocycles. The highest BCUT2D eigenvalue weighted by molar-refractivity contribution is 6.03. The number of carbonyl (C=O) groups is 1. The van der Waals surface area contributed by atoms with Crippen molar-refractivity contribution in [1.29, 1.82) is 0 Å². The number of rotatable bonds is 6. The fraction of sp³-hybridized carbons (Fsp3) is 0.400. The van der Waals surface area contributed by atoms with Crippen LogP contribution in [-0.2, 0) is 17.9 Å². The van der Waals surface area contributed by atoms with Crippen LogP contribution in [0.1, 0.15) is 42.1 Å². The van der Waals surface area contributed by atoms with Crippen LogP contribution < -0.4 is 15.5 Å². The fourth-order valence-corrected chi connectivity index (χ4v) is 4.53. The van der Waals surface area contributed by atoms with Gasteiger partial charge < -0.3 is 20.1 Å². The standard InChI is InChI=1S/C25H31FN6O/c1-14(2)22-24(33)29-21-16(4)28-25(30-23(21)31(22)6)27-12-19-11-15(3)32(17(19)5)13-18-7-9-20(26)10-8-18/h7-11,14,22H,12-13H2,1-6H3,(H,29,33)(H,27,28,30)/t22-/m0/s1. The number of amides is 1. The normalized spacial score (nSPS) is 15.6. The van der Waals surface area contributed by atoms with Crippen LogP contribution in [0.4, 0.5) is 21.8 Å². The lowest BCUT2D eigenvalue weighted by Crippen LogP contribution is -2.49. The Hall–Kier alpha value is -3.42. The molecule has 2 aromatic heterocycles. The van der Waals surface area contributed by atoms with Crippen molar-refractivity contribution in [3.05, 3.63) is 64.4 Å². The van der Waals surface area contributed by atoms with Crippen molar-refractivity contribution >= 4 is 23.4 Å². The molecule has 1 atom stereocenters. The van der Waals surface area contributed by atoms with Gasteiger partial charge in [-0.05, 0) is 56.0 Å². The molecule has 0 unspecified atom stereocenters. The highest BCUT2D eigenvalue weighted by atomic mass is 19.1. The summed E-state index contributed by atoms with van der Waals surface area (Å²) in [5, 5.41) is 6.33. The van der Waals surface area contributed by atoms with E-state index in [0.717, 1.165) is 34.0 Å². The Bertz CT molecular complexity index is 1180. The number of likely N-dealkylation sites (N-methyl/N-ethyl adjacent to an activating group) is 1. The zero-order valence-electron chi connectivity index (χ0n) is 20.0. The lowest BCUT2D eigenvalue weighted by atomic mass is 9.99. The summed E-state index contributed by atoms with van der Waals surface area (Å²) in [4.78, 5) is 23.8. The third kappa shape index (κ3) is 4.42. The number of nitrogens with one attached hydrogen (secondary N) is 2. The molecule has 3 heterocycles. The van der Waals surface area contributed by atoms with E-state index in [4.69, 9.17) is 4.98 Å². The van der Waals surface area contributed by atoms with E-state index in [-0.39, 0.29) is 23.7 Å². The van der Waals surface area contributed by atoms with Crippen molar-refractivity contribution in [2.24, 2.45) is 5.92 Å². The van der Waals surface area contributed by atoms with Crippen LogP contribution in [0.3, 0.4) is 0 Å². The maximum Gasteiger partial charge on any atom is 0.247 e. The maximum absolute atomic E-state index is 13.2. The molecule has 7 nitrogen and oxygen atoms in total. The van der Waals surface area contributed by atoms with Gasteiger partial charge in [0.1, 0.15) is 17.5 Å². The van der Waals surface area contributed by atoms with Gasteiger partial charge in [-0.2, -0.15) is 4.98 Å². The number of benzene rings is 1. The summed E-state index contributed by atoms with van der Waals surface area (Å²) in [6.07, 6.45) is 0. The molecule has 4 rings (SSSR count). The van der Waals surface area contributed by atoms with Crippen LogP contribution in [0.15, 0.2) is 30.3 Å². The Balaban J connectivity index is 1.54. The molecule has 1 aromatic carbocycles. The number of nitrogens with zero attached hydrogens (tertiary/aromatic N) is 4. The van der Waals surface area contributed by atoms with E-state index >= 15 is 0 Å². The van der Waals surface area contributed by atoms with E-state index in [1.54, 1.807) is 0 Å². The number of halogens is 1. The Morgan fingerprint density at radius 1 is 1.15 bits per heavy atom. The lowest BCUT2D eigenvalue weighted by Gasteiger charge is -2.36. The topological polar surface area (TPSA) is 75.1 Å². The first kappa shape index (κ1) is 22.8. The zero-order valence-corrected chi connectivity index (χ0v) is 20.0. The minimum absolute atomic E-state index is 0.0268. The summed E-state index contributed by atoms with van der Waals surface area (Å²) < 4.78 is 15.5. The van der Waals surface area contributed by atoms with Gasteiger partial charge in [-0.1, -0.05) is 26.0 Å². The number of hydrogen-bond acceptors (Lipinski definition) is 5. The quantitative estimate of drug-likeness (QED) is 0.582. The Morgan fingerprint density at radius 2 is 1.85 bits per heavy atom. The van der Waals surface area contributed by atoms with Gasteiger partial charge in [0.15, 0.2) is 5.82 Å². The van der Waals surface area contributed by atoms with Gasteiger partial charge >= 0.3 is 0 Å². The van der Waals surface area contributed by atoms with Gasteiger partial charge in [0.25, 0.3) is 0 Å². The molecule has 0 radical (unpaired) electrons. The van der Waals surface area contributed by atoms with Crippen LogP contribution >= 0.6 is 0 Å². The number of aryl methyl sites for hydroxylation is 2. The van der Waals surface area contributed by atoms with Gasteiger partial charge in [0.05, 0.1) is 5.69 Å². The zero-order chi connectivity index (χ0) is 23.9. The predicted octanol–water partition coefficient (Wildman–Crippen LogP) is 4.42. The van der Waals surface area contributed by atoms with Crippen LogP contribution in [0.2, 0.25) is 0 Å². The first-order valence-electron chi connectivity index (χ1n) is 11.2. The third-order valence-electron chi connectivity index (χ3n) is 6.34. The molecule has 3 aromatic rings. The molecule has 0 spiro atoms. The second-order valence-electron chi connectivity index (χ2n) is 9.08. The summed E-state index contributed by atoms with van der Waals surface area (Å²) >= 11 is 0. The molecule has 1 amide bonds. The Morgan fingerprint density at radius 3 is 2.52 bits per heavy atom. The highest BCUT2D eigenvalue weighted by Crippen LogP contribution is 2.34. The molecule has 0 fully saturated rings. The van der Waals surface area contributed by atoms with E-state index in [1.807, 2.05) is 44.9 Å². The Labute approximate surface area is 194 Å². The molecule has 174 valence electrons. The molecule has 0 saturated heterocycles. The van der Waals surface area contributed by atoms with Crippen LogP contribution in [-0.4, -0.2) is 33.5 Å².